The van der Waals surface area contributed by atoms with Gasteiger partial charge in [0.25, 0.3) is 0 Å². The minimum Gasteiger partial charge on any atom is -0.388 e. The van der Waals surface area contributed by atoms with E-state index >= 15 is 0 Å². The van der Waals surface area contributed by atoms with Gasteiger partial charge >= 0.3 is 0 Å². The molecule has 2 nitrogen and oxygen atoms in total. The van der Waals surface area contributed by atoms with Crippen LogP contribution in [-0.4, -0.2) is 5.11 Å². The molecule has 0 saturated heterocycles. The lowest BCUT2D eigenvalue weighted by Gasteiger charge is -2.24. The SMILES string of the molecule is OC(CC(Nc1ccc(I)cc1)c1ccc(Cl)c(Cl)c1)c1ccc(Cl)cc1. The number of halogens is 4. The van der Waals surface area contributed by atoms with Crippen molar-refractivity contribution in [1.82, 2.24) is 0 Å². The van der Waals surface area contributed by atoms with Gasteiger partial charge in [-0.3, -0.25) is 0 Å². The zero-order valence-corrected chi connectivity index (χ0v) is 18.6. The average Bonchev–Trinajstić information content (AvgIpc) is 2.65. The molecular weight excluding hydrogens is 516 g/mol. The third-order valence-corrected chi connectivity index (χ3v) is 5.96. The second-order valence-corrected chi connectivity index (χ2v) is 8.68. The number of hydrogen-bond donors (Lipinski definition) is 2. The zero-order chi connectivity index (χ0) is 19.4. The Morgan fingerprint density at radius 3 is 2.07 bits per heavy atom. The van der Waals surface area contributed by atoms with Gasteiger partial charge in [-0.15, -0.1) is 0 Å². The lowest BCUT2D eigenvalue weighted by atomic mass is 9.96. The summed E-state index contributed by atoms with van der Waals surface area (Å²) in [6.07, 6.45) is -0.191. The largest absolute Gasteiger partial charge is 0.388 e. The van der Waals surface area contributed by atoms with Gasteiger partial charge in [0.1, 0.15) is 0 Å². The first-order valence-corrected chi connectivity index (χ1v) is 10.5. The van der Waals surface area contributed by atoms with Gasteiger partial charge in [0.2, 0.25) is 0 Å². The van der Waals surface area contributed by atoms with Gasteiger partial charge in [0, 0.05) is 20.7 Å². The Kier molecular flexibility index (Phi) is 7.29. The van der Waals surface area contributed by atoms with Gasteiger partial charge in [0.15, 0.2) is 0 Å². The monoisotopic (exact) mass is 531 g/mol. The van der Waals surface area contributed by atoms with Gasteiger partial charge in [-0.2, -0.15) is 0 Å². The fourth-order valence-corrected chi connectivity index (χ4v) is 3.59. The number of hydrogen-bond acceptors (Lipinski definition) is 2. The van der Waals surface area contributed by atoms with Crippen molar-refractivity contribution < 1.29 is 5.11 Å². The molecule has 3 rings (SSSR count). The van der Waals surface area contributed by atoms with Crippen LogP contribution in [0.15, 0.2) is 66.7 Å². The van der Waals surface area contributed by atoms with Crippen molar-refractivity contribution in [3.63, 3.8) is 0 Å². The molecule has 6 heteroatoms. The molecule has 3 aromatic carbocycles. The van der Waals surface area contributed by atoms with E-state index in [9.17, 15) is 5.11 Å². The third kappa shape index (κ3) is 5.75. The van der Waals surface area contributed by atoms with E-state index < -0.39 is 6.10 Å². The summed E-state index contributed by atoms with van der Waals surface area (Å²) in [6, 6.07) is 20.7. The van der Waals surface area contributed by atoms with Gasteiger partial charge in [-0.25, -0.2) is 0 Å². The van der Waals surface area contributed by atoms with E-state index in [1.807, 2.05) is 48.5 Å². The van der Waals surface area contributed by atoms with Crippen molar-refractivity contribution in [3.05, 3.63) is 96.5 Å². The number of aliphatic hydroxyl groups is 1. The summed E-state index contributed by atoms with van der Waals surface area (Å²) < 4.78 is 1.16. The topological polar surface area (TPSA) is 32.3 Å². The molecule has 0 radical (unpaired) electrons. The van der Waals surface area contributed by atoms with Crippen molar-refractivity contribution in [1.29, 1.82) is 0 Å². The van der Waals surface area contributed by atoms with Crippen LogP contribution >= 0.6 is 57.4 Å². The lowest BCUT2D eigenvalue weighted by molar-refractivity contribution is 0.160. The molecule has 0 aromatic heterocycles. The highest BCUT2D eigenvalue weighted by atomic mass is 127. The molecule has 27 heavy (non-hydrogen) atoms. The van der Waals surface area contributed by atoms with Crippen LogP contribution in [-0.2, 0) is 0 Å². The molecule has 0 aliphatic heterocycles. The summed E-state index contributed by atoms with van der Waals surface area (Å²) in [5, 5.41) is 15.9. The molecule has 3 aromatic rings. The van der Waals surface area contributed by atoms with Crippen LogP contribution in [0.2, 0.25) is 15.1 Å². The fourth-order valence-electron chi connectivity index (χ4n) is 2.80. The summed E-state index contributed by atoms with van der Waals surface area (Å²) in [7, 11) is 0. The lowest BCUT2D eigenvalue weighted by Crippen LogP contribution is -2.15. The van der Waals surface area contributed by atoms with Crippen LogP contribution in [0.25, 0.3) is 0 Å². The second kappa shape index (κ2) is 9.48. The van der Waals surface area contributed by atoms with E-state index in [1.54, 1.807) is 18.2 Å². The van der Waals surface area contributed by atoms with Crippen molar-refractivity contribution >= 4 is 63.1 Å². The number of rotatable bonds is 6. The summed E-state index contributed by atoms with van der Waals surface area (Å²) in [4.78, 5) is 0. The van der Waals surface area contributed by atoms with Gasteiger partial charge in [-0.1, -0.05) is 53.0 Å². The number of anilines is 1. The average molecular weight is 533 g/mol. The molecule has 0 amide bonds. The van der Waals surface area contributed by atoms with Crippen molar-refractivity contribution in [3.8, 4) is 0 Å². The zero-order valence-electron chi connectivity index (χ0n) is 14.2. The molecule has 0 saturated carbocycles. The molecule has 2 unspecified atom stereocenters. The van der Waals surface area contributed by atoms with E-state index in [-0.39, 0.29) is 6.04 Å². The Morgan fingerprint density at radius 2 is 1.44 bits per heavy atom. The fraction of sp³-hybridized carbons (Fsp3) is 0.143. The maximum atomic E-state index is 10.7. The minimum atomic E-state index is -0.655. The summed E-state index contributed by atoms with van der Waals surface area (Å²) >= 11 is 20.5. The van der Waals surface area contributed by atoms with Crippen LogP contribution in [0.4, 0.5) is 5.69 Å². The maximum absolute atomic E-state index is 10.7. The third-order valence-electron chi connectivity index (χ3n) is 4.24. The van der Waals surface area contributed by atoms with E-state index in [0.29, 0.717) is 21.5 Å². The van der Waals surface area contributed by atoms with Crippen LogP contribution in [0, 0.1) is 3.57 Å². The van der Waals surface area contributed by atoms with Crippen LogP contribution in [0.3, 0.4) is 0 Å². The van der Waals surface area contributed by atoms with E-state index in [0.717, 1.165) is 20.4 Å². The normalized spacial score (nSPS) is 13.2. The van der Waals surface area contributed by atoms with E-state index in [1.165, 1.54) is 0 Å². The Balaban J connectivity index is 1.87. The Hall–Kier alpha value is -0.980. The first-order valence-electron chi connectivity index (χ1n) is 8.33. The van der Waals surface area contributed by atoms with Gasteiger partial charge in [-0.05, 0) is 82.2 Å². The molecule has 0 spiro atoms. The molecule has 0 bridgehead atoms. The maximum Gasteiger partial charge on any atom is 0.0813 e. The number of aliphatic hydroxyl groups excluding tert-OH is 1. The second-order valence-electron chi connectivity index (χ2n) is 6.18. The van der Waals surface area contributed by atoms with Gasteiger partial charge < -0.3 is 10.4 Å². The van der Waals surface area contributed by atoms with Crippen molar-refractivity contribution in [2.45, 2.75) is 18.6 Å². The molecule has 2 atom stereocenters. The smallest absolute Gasteiger partial charge is 0.0813 e. The molecule has 0 heterocycles. The first-order chi connectivity index (χ1) is 12.9. The summed E-state index contributed by atoms with van der Waals surface area (Å²) in [5.41, 5.74) is 2.74. The molecule has 2 N–H and O–H groups in total. The van der Waals surface area contributed by atoms with Gasteiger partial charge in [0.05, 0.1) is 22.2 Å². The molecule has 0 aliphatic carbocycles. The highest BCUT2D eigenvalue weighted by molar-refractivity contribution is 14.1. The van der Waals surface area contributed by atoms with Crippen molar-refractivity contribution in [2.75, 3.05) is 5.32 Å². The summed E-state index contributed by atoms with van der Waals surface area (Å²) in [5.74, 6) is 0. The Labute approximate surface area is 187 Å². The standard InChI is InChI=1S/C21H17Cl3INO/c22-15-4-1-13(2-5-15)21(27)12-20(14-3-10-18(23)19(24)11-14)26-17-8-6-16(25)7-9-17/h1-11,20-21,26-27H,12H2. The highest BCUT2D eigenvalue weighted by Gasteiger charge is 2.19. The van der Waals surface area contributed by atoms with E-state index in [2.05, 4.69) is 27.9 Å². The predicted octanol–water partition coefficient (Wildman–Crippen LogP) is 7.53. The predicted molar refractivity (Wildman–Crippen MR) is 123 cm³/mol. The number of benzene rings is 3. The van der Waals surface area contributed by atoms with Crippen LogP contribution < -0.4 is 5.32 Å². The first kappa shape index (κ1) is 20.7. The minimum absolute atomic E-state index is 0.148. The molecule has 0 fully saturated rings. The Bertz CT molecular complexity index is 900. The molecular formula is C21H17Cl3INO. The number of nitrogens with one attached hydrogen (secondary N) is 1. The quantitative estimate of drug-likeness (QED) is 0.322. The highest BCUT2D eigenvalue weighted by Crippen LogP contribution is 2.33. The molecule has 140 valence electrons. The summed E-state index contributed by atoms with van der Waals surface area (Å²) in [6.45, 7) is 0. The Morgan fingerprint density at radius 1 is 0.815 bits per heavy atom. The molecule has 0 aliphatic rings. The van der Waals surface area contributed by atoms with Crippen molar-refractivity contribution in [2.24, 2.45) is 0 Å². The van der Waals surface area contributed by atoms with Crippen LogP contribution in [0.5, 0.6) is 0 Å². The van der Waals surface area contributed by atoms with E-state index in [4.69, 9.17) is 34.8 Å². The van der Waals surface area contributed by atoms with Crippen LogP contribution in [0.1, 0.15) is 29.7 Å².